The van der Waals surface area contributed by atoms with Crippen LogP contribution in [0.25, 0.3) is 22.3 Å². The fraction of sp³-hybridized carbons (Fsp3) is 0.174. The summed E-state index contributed by atoms with van der Waals surface area (Å²) in [7, 11) is 1.87. The topological polar surface area (TPSA) is 59.8 Å². The van der Waals surface area contributed by atoms with Crippen molar-refractivity contribution in [2.45, 2.75) is 12.8 Å². The van der Waals surface area contributed by atoms with E-state index in [4.69, 9.17) is 0 Å². The van der Waals surface area contributed by atoms with Gasteiger partial charge in [-0.15, -0.1) is 0 Å². The number of amides is 1. The number of halogens is 1. The second kappa shape index (κ2) is 8.22. The Hall–Kier alpha value is -3.54. The second-order valence-corrected chi connectivity index (χ2v) is 6.96. The van der Waals surface area contributed by atoms with Gasteiger partial charge in [-0.2, -0.15) is 0 Å². The van der Waals surface area contributed by atoms with Crippen LogP contribution in [0, 0.1) is 5.82 Å². The number of hydrogen-bond acceptors (Lipinski definition) is 3. The van der Waals surface area contributed by atoms with Crippen LogP contribution in [0.1, 0.15) is 22.3 Å². The highest BCUT2D eigenvalue weighted by molar-refractivity contribution is 5.96. The number of carbonyl (C=O) groups is 1. The van der Waals surface area contributed by atoms with E-state index in [-0.39, 0.29) is 11.7 Å². The molecule has 6 heteroatoms. The van der Waals surface area contributed by atoms with Gasteiger partial charge >= 0.3 is 0 Å². The maximum Gasteiger partial charge on any atom is 0.252 e. The van der Waals surface area contributed by atoms with Crippen LogP contribution in [0.5, 0.6) is 0 Å². The van der Waals surface area contributed by atoms with Gasteiger partial charge in [-0.1, -0.05) is 42.5 Å². The molecule has 2 aromatic carbocycles. The lowest BCUT2D eigenvalue weighted by Crippen LogP contribution is -2.24. The van der Waals surface area contributed by atoms with Gasteiger partial charge in [-0.25, -0.2) is 14.4 Å². The molecule has 29 heavy (non-hydrogen) atoms. The van der Waals surface area contributed by atoms with Crippen LogP contribution in [-0.2, 0) is 13.5 Å². The van der Waals surface area contributed by atoms with Gasteiger partial charge in [-0.05, 0) is 36.1 Å². The monoisotopic (exact) mass is 388 g/mol. The van der Waals surface area contributed by atoms with Gasteiger partial charge in [0.1, 0.15) is 11.3 Å². The summed E-state index contributed by atoms with van der Waals surface area (Å²) in [5.74, 6) is -0.374. The first kappa shape index (κ1) is 18.8. The number of benzene rings is 2. The standard InChI is InChI=1S/C23H21FN4O/c1-28-15-27-21-13-18(14-26-22(21)28)23(29)25-12-4-5-16-8-10-17(11-9-16)19-6-2-3-7-20(19)24/h2-3,6-11,13-15H,4-5,12H2,1H3,(H,25,29). The van der Waals surface area contributed by atoms with E-state index >= 15 is 0 Å². The van der Waals surface area contributed by atoms with Crippen LogP contribution in [0.4, 0.5) is 4.39 Å². The van der Waals surface area contributed by atoms with E-state index in [1.165, 1.54) is 6.07 Å². The van der Waals surface area contributed by atoms with Crippen molar-refractivity contribution in [1.29, 1.82) is 0 Å². The fourth-order valence-corrected chi connectivity index (χ4v) is 3.28. The number of fused-ring (bicyclic) bond motifs is 1. The van der Waals surface area contributed by atoms with E-state index in [0.717, 1.165) is 29.6 Å². The number of imidazole rings is 1. The van der Waals surface area contributed by atoms with Crippen LogP contribution >= 0.6 is 0 Å². The molecule has 4 aromatic rings. The van der Waals surface area contributed by atoms with E-state index in [1.54, 1.807) is 30.7 Å². The molecule has 0 radical (unpaired) electrons. The quantitative estimate of drug-likeness (QED) is 0.505. The van der Waals surface area contributed by atoms with E-state index in [9.17, 15) is 9.18 Å². The highest BCUT2D eigenvalue weighted by atomic mass is 19.1. The van der Waals surface area contributed by atoms with Crippen molar-refractivity contribution in [1.82, 2.24) is 19.9 Å². The van der Waals surface area contributed by atoms with Crippen LogP contribution in [0.2, 0.25) is 0 Å². The first-order valence-corrected chi connectivity index (χ1v) is 9.51. The van der Waals surface area contributed by atoms with E-state index in [2.05, 4.69) is 15.3 Å². The summed E-state index contributed by atoms with van der Waals surface area (Å²) < 4.78 is 15.7. The predicted molar refractivity (Wildman–Crippen MR) is 111 cm³/mol. The minimum Gasteiger partial charge on any atom is -0.352 e. The predicted octanol–water partition coefficient (Wildman–Crippen LogP) is 4.14. The van der Waals surface area contributed by atoms with Crippen LogP contribution in [0.3, 0.4) is 0 Å². The lowest BCUT2D eigenvalue weighted by atomic mass is 10.0. The molecule has 2 aromatic heterocycles. The minimum absolute atomic E-state index is 0.153. The molecule has 2 heterocycles. The number of aromatic nitrogens is 3. The summed E-state index contributed by atoms with van der Waals surface area (Å²) in [5.41, 5.74) is 4.57. The molecule has 0 spiro atoms. The van der Waals surface area contributed by atoms with Crippen LogP contribution in [-0.4, -0.2) is 27.0 Å². The van der Waals surface area contributed by atoms with Gasteiger partial charge in [0.2, 0.25) is 0 Å². The third-order valence-corrected chi connectivity index (χ3v) is 4.88. The summed E-state index contributed by atoms with van der Waals surface area (Å²) in [4.78, 5) is 20.8. The molecule has 5 nitrogen and oxygen atoms in total. The Morgan fingerprint density at radius 3 is 2.69 bits per heavy atom. The molecule has 0 aliphatic rings. The maximum absolute atomic E-state index is 13.9. The van der Waals surface area contributed by atoms with E-state index in [0.29, 0.717) is 23.2 Å². The largest absolute Gasteiger partial charge is 0.352 e. The summed E-state index contributed by atoms with van der Waals surface area (Å²) in [6.07, 6.45) is 4.89. The molecular weight excluding hydrogens is 367 g/mol. The number of carbonyl (C=O) groups excluding carboxylic acids is 1. The molecule has 1 amide bonds. The molecular formula is C23H21FN4O. The minimum atomic E-state index is -0.221. The van der Waals surface area contributed by atoms with Crippen LogP contribution in [0.15, 0.2) is 67.1 Å². The summed E-state index contributed by atoms with van der Waals surface area (Å²) in [5, 5.41) is 2.92. The molecule has 0 saturated carbocycles. The molecule has 0 aliphatic heterocycles. The summed E-state index contributed by atoms with van der Waals surface area (Å²) in [6.45, 7) is 0.564. The lowest BCUT2D eigenvalue weighted by Gasteiger charge is -2.07. The number of aryl methyl sites for hydroxylation is 2. The van der Waals surface area contributed by atoms with Gasteiger partial charge in [0.15, 0.2) is 5.65 Å². The van der Waals surface area contributed by atoms with E-state index in [1.807, 2.05) is 41.9 Å². The molecule has 1 N–H and O–H groups in total. The molecule has 4 rings (SSSR count). The Balaban J connectivity index is 1.29. The number of rotatable bonds is 6. The molecule has 0 atom stereocenters. The Bertz CT molecular complexity index is 1150. The first-order chi connectivity index (χ1) is 14.1. The smallest absolute Gasteiger partial charge is 0.252 e. The Morgan fingerprint density at radius 2 is 1.90 bits per heavy atom. The molecule has 0 bridgehead atoms. The van der Waals surface area contributed by atoms with Crippen molar-refractivity contribution in [3.63, 3.8) is 0 Å². The SMILES string of the molecule is Cn1cnc2cc(C(=O)NCCCc3ccc(-c4ccccc4F)cc3)cnc21. The fourth-order valence-electron chi connectivity index (χ4n) is 3.28. The summed E-state index contributed by atoms with van der Waals surface area (Å²) >= 11 is 0. The second-order valence-electron chi connectivity index (χ2n) is 6.96. The highest BCUT2D eigenvalue weighted by Gasteiger charge is 2.09. The normalized spacial score (nSPS) is 11.0. The van der Waals surface area contributed by atoms with Gasteiger partial charge in [-0.3, -0.25) is 4.79 Å². The summed E-state index contributed by atoms with van der Waals surface area (Å²) in [6, 6.07) is 16.4. The lowest BCUT2D eigenvalue weighted by molar-refractivity contribution is 0.0953. The molecule has 146 valence electrons. The molecule has 0 fully saturated rings. The van der Waals surface area contributed by atoms with Crippen molar-refractivity contribution in [3.05, 3.63) is 84.1 Å². The molecule has 0 unspecified atom stereocenters. The van der Waals surface area contributed by atoms with Crippen molar-refractivity contribution in [2.75, 3.05) is 6.54 Å². The Morgan fingerprint density at radius 1 is 1.10 bits per heavy atom. The van der Waals surface area contributed by atoms with Crippen LogP contribution < -0.4 is 5.32 Å². The van der Waals surface area contributed by atoms with Gasteiger partial charge < -0.3 is 9.88 Å². The number of hydrogen-bond donors (Lipinski definition) is 1. The molecule has 0 saturated heterocycles. The zero-order valence-corrected chi connectivity index (χ0v) is 16.1. The first-order valence-electron chi connectivity index (χ1n) is 9.51. The molecule has 0 aliphatic carbocycles. The number of nitrogens with zero attached hydrogens (tertiary/aromatic N) is 3. The van der Waals surface area contributed by atoms with Gasteiger partial charge in [0, 0.05) is 25.4 Å². The van der Waals surface area contributed by atoms with Crippen molar-refractivity contribution in [2.24, 2.45) is 7.05 Å². The Kier molecular flexibility index (Phi) is 5.33. The number of nitrogens with one attached hydrogen (secondary N) is 1. The zero-order chi connectivity index (χ0) is 20.2. The highest BCUT2D eigenvalue weighted by Crippen LogP contribution is 2.23. The van der Waals surface area contributed by atoms with Gasteiger partial charge in [0.25, 0.3) is 5.91 Å². The van der Waals surface area contributed by atoms with Crippen molar-refractivity contribution in [3.8, 4) is 11.1 Å². The number of pyridine rings is 1. The van der Waals surface area contributed by atoms with Crippen molar-refractivity contribution >= 4 is 17.1 Å². The third kappa shape index (κ3) is 4.16. The van der Waals surface area contributed by atoms with Gasteiger partial charge in [0.05, 0.1) is 11.9 Å². The Labute approximate surface area is 168 Å². The average molecular weight is 388 g/mol. The average Bonchev–Trinajstić information content (AvgIpc) is 3.12. The third-order valence-electron chi connectivity index (χ3n) is 4.88. The van der Waals surface area contributed by atoms with Crippen molar-refractivity contribution < 1.29 is 9.18 Å². The van der Waals surface area contributed by atoms with E-state index < -0.39 is 0 Å². The maximum atomic E-state index is 13.9. The zero-order valence-electron chi connectivity index (χ0n) is 16.1.